The number of nitro benzene ring substituents is 2. The highest BCUT2D eigenvalue weighted by Crippen LogP contribution is 2.41. The molecule has 192 valence electrons. The number of nitrogens with one attached hydrogen (secondary N) is 1. The van der Waals surface area contributed by atoms with Crippen molar-refractivity contribution in [3.8, 4) is 11.5 Å². The number of rotatable bonds is 6. The normalized spacial score (nSPS) is 14.4. The minimum Gasteiger partial charge on any atom is -0.448 e. The fraction of sp³-hybridized carbons (Fsp3) is 0. The number of carbonyl (C=O) groups is 3. The summed E-state index contributed by atoms with van der Waals surface area (Å²) in [7, 11) is 0. The molecule has 3 aromatic carbocycles. The first-order chi connectivity index (χ1) is 18.0. The van der Waals surface area contributed by atoms with E-state index in [1.54, 1.807) is 0 Å². The first-order valence-electron chi connectivity index (χ1n) is 10.2. The van der Waals surface area contributed by atoms with Gasteiger partial charge in [0.1, 0.15) is 5.57 Å². The van der Waals surface area contributed by atoms with Crippen LogP contribution in [-0.4, -0.2) is 27.7 Å². The lowest BCUT2D eigenvalue weighted by molar-refractivity contribution is -0.394. The van der Waals surface area contributed by atoms with E-state index in [9.17, 15) is 34.6 Å². The Balaban J connectivity index is 1.82. The molecule has 1 N–H and O–H groups in total. The van der Waals surface area contributed by atoms with Gasteiger partial charge in [0.05, 0.1) is 26.6 Å². The van der Waals surface area contributed by atoms with Crippen LogP contribution in [0.1, 0.15) is 5.56 Å². The molecule has 0 aliphatic carbocycles. The van der Waals surface area contributed by atoms with Crippen LogP contribution in [0.15, 0.2) is 60.2 Å². The summed E-state index contributed by atoms with van der Waals surface area (Å²) in [5.74, 6) is -2.72. The highest BCUT2D eigenvalue weighted by atomic mass is 35.5. The molecule has 1 saturated heterocycles. The second-order valence-electron chi connectivity index (χ2n) is 7.51. The maximum Gasteiger partial charge on any atom is 0.335 e. The smallest absolute Gasteiger partial charge is 0.335 e. The molecule has 4 amide bonds. The number of nitrogens with zero attached hydrogens (tertiary/aromatic N) is 3. The predicted molar refractivity (Wildman–Crippen MR) is 137 cm³/mol. The number of nitro groups is 2. The fourth-order valence-electron chi connectivity index (χ4n) is 3.42. The van der Waals surface area contributed by atoms with E-state index in [2.05, 4.69) is 0 Å². The molecule has 1 aliphatic rings. The van der Waals surface area contributed by atoms with Crippen molar-refractivity contribution in [3.05, 3.63) is 101 Å². The van der Waals surface area contributed by atoms with Crippen molar-refractivity contribution < 1.29 is 29.0 Å². The summed E-state index contributed by atoms with van der Waals surface area (Å²) in [5, 5.41) is 24.7. The molecule has 0 aromatic heterocycles. The van der Waals surface area contributed by atoms with Crippen LogP contribution < -0.4 is 15.0 Å². The zero-order valence-corrected chi connectivity index (χ0v) is 20.8. The number of hydrogen-bond acceptors (Lipinski definition) is 8. The van der Waals surface area contributed by atoms with E-state index in [-0.39, 0.29) is 32.1 Å². The first kappa shape index (κ1) is 26.5. The number of carbonyl (C=O) groups excluding carboxylic acids is 3. The van der Waals surface area contributed by atoms with E-state index in [0.29, 0.717) is 11.0 Å². The molecule has 0 spiro atoms. The number of anilines is 1. The van der Waals surface area contributed by atoms with Gasteiger partial charge in [-0.1, -0.05) is 40.9 Å². The molecule has 3 aromatic rings. The summed E-state index contributed by atoms with van der Waals surface area (Å²) in [6.07, 6.45) is 1.03. The van der Waals surface area contributed by atoms with Gasteiger partial charge in [0.15, 0.2) is 5.75 Å². The van der Waals surface area contributed by atoms with Gasteiger partial charge < -0.3 is 4.74 Å². The van der Waals surface area contributed by atoms with E-state index < -0.39 is 50.4 Å². The monoisotopic (exact) mass is 576 g/mol. The molecule has 12 nitrogen and oxygen atoms in total. The molecule has 0 unspecified atom stereocenters. The molecule has 0 atom stereocenters. The molecule has 1 fully saturated rings. The lowest BCUT2D eigenvalue weighted by Gasteiger charge is -2.26. The van der Waals surface area contributed by atoms with Gasteiger partial charge in [-0.15, -0.1) is 0 Å². The number of halogens is 3. The molecular formula is C23H11Cl3N4O8. The average molecular weight is 578 g/mol. The van der Waals surface area contributed by atoms with Gasteiger partial charge in [-0.05, 0) is 42.5 Å². The van der Waals surface area contributed by atoms with Crippen LogP contribution in [0.5, 0.6) is 11.5 Å². The second-order valence-corrected chi connectivity index (χ2v) is 8.79. The lowest BCUT2D eigenvalue weighted by atomic mass is 10.1. The third-order valence-corrected chi connectivity index (χ3v) is 5.80. The van der Waals surface area contributed by atoms with Crippen LogP contribution in [0.25, 0.3) is 6.08 Å². The van der Waals surface area contributed by atoms with E-state index in [1.807, 2.05) is 5.32 Å². The van der Waals surface area contributed by atoms with E-state index in [1.165, 1.54) is 36.4 Å². The molecular weight excluding hydrogens is 567 g/mol. The van der Waals surface area contributed by atoms with Gasteiger partial charge in [-0.2, -0.15) is 0 Å². The number of non-ortho nitro benzene ring substituents is 1. The maximum atomic E-state index is 13.2. The standard InChI is InChI=1S/C23H11Cl3N4O8/c24-12-2-1-3-14(8-12)28-22(32)16(21(31)27-23(28)33)7-11-6-13(25)9-17(26)20(11)38-19-5-4-15(29(34)35)10-18(19)30(36)37/h1-10H,(H,27,31,33)/b16-7+. The minimum atomic E-state index is -1.04. The van der Waals surface area contributed by atoms with Crippen molar-refractivity contribution in [1.82, 2.24) is 5.32 Å². The Kier molecular flexibility index (Phi) is 7.30. The molecule has 0 radical (unpaired) electrons. The van der Waals surface area contributed by atoms with Crippen molar-refractivity contribution in [1.29, 1.82) is 0 Å². The van der Waals surface area contributed by atoms with E-state index in [0.717, 1.165) is 18.2 Å². The van der Waals surface area contributed by atoms with Crippen LogP contribution in [-0.2, 0) is 9.59 Å². The fourth-order valence-corrected chi connectivity index (χ4v) is 4.15. The summed E-state index contributed by atoms with van der Waals surface area (Å²) in [6.45, 7) is 0. The quantitative estimate of drug-likeness (QED) is 0.163. The Morgan fingerprint density at radius 1 is 0.895 bits per heavy atom. The Morgan fingerprint density at radius 2 is 1.63 bits per heavy atom. The molecule has 0 saturated carbocycles. The molecule has 0 bridgehead atoms. The van der Waals surface area contributed by atoms with Crippen LogP contribution in [0.2, 0.25) is 15.1 Å². The Labute approximate surface area is 227 Å². The Morgan fingerprint density at radius 3 is 2.29 bits per heavy atom. The minimum absolute atomic E-state index is 0.0545. The first-order valence-corrected chi connectivity index (χ1v) is 11.4. The topological polar surface area (TPSA) is 162 Å². The second kappa shape index (κ2) is 10.5. The van der Waals surface area contributed by atoms with Crippen LogP contribution >= 0.6 is 34.8 Å². The molecule has 4 rings (SSSR count). The van der Waals surface area contributed by atoms with Crippen LogP contribution in [0.3, 0.4) is 0 Å². The Bertz CT molecular complexity index is 1590. The zero-order chi connectivity index (χ0) is 27.7. The van der Waals surface area contributed by atoms with Gasteiger partial charge in [0.2, 0.25) is 5.75 Å². The number of urea groups is 1. The van der Waals surface area contributed by atoms with Gasteiger partial charge in [0, 0.05) is 21.7 Å². The average Bonchev–Trinajstić information content (AvgIpc) is 2.83. The van der Waals surface area contributed by atoms with E-state index in [4.69, 9.17) is 39.5 Å². The highest BCUT2D eigenvalue weighted by molar-refractivity contribution is 6.40. The number of ether oxygens (including phenoxy) is 1. The summed E-state index contributed by atoms with van der Waals surface area (Å²) in [6, 6.07) is 9.95. The lowest BCUT2D eigenvalue weighted by Crippen LogP contribution is -2.54. The van der Waals surface area contributed by atoms with Crippen molar-refractivity contribution >= 4 is 75.8 Å². The maximum absolute atomic E-state index is 13.2. The van der Waals surface area contributed by atoms with Gasteiger partial charge in [-0.3, -0.25) is 35.1 Å². The van der Waals surface area contributed by atoms with Crippen LogP contribution in [0, 0.1) is 20.2 Å². The van der Waals surface area contributed by atoms with Gasteiger partial charge >= 0.3 is 11.7 Å². The van der Waals surface area contributed by atoms with E-state index >= 15 is 0 Å². The third-order valence-electron chi connectivity index (χ3n) is 5.07. The number of hydrogen-bond donors (Lipinski definition) is 1. The van der Waals surface area contributed by atoms with Crippen molar-refractivity contribution in [2.24, 2.45) is 0 Å². The highest BCUT2D eigenvalue weighted by Gasteiger charge is 2.37. The summed E-state index contributed by atoms with van der Waals surface area (Å²) in [4.78, 5) is 59.8. The number of amides is 4. The molecule has 15 heteroatoms. The molecule has 1 aliphatic heterocycles. The predicted octanol–water partition coefficient (Wildman–Crippen LogP) is 5.92. The summed E-state index contributed by atoms with van der Waals surface area (Å²) in [5.41, 5.74) is -1.79. The zero-order valence-electron chi connectivity index (χ0n) is 18.5. The van der Waals surface area contributed by atoms with Crippen LogP contribution in [0.4, 0.5) is 21.9 Å². The largest absolute Gasteiger partial charge is 0.448 e. The summed E-state index contributed by atoms with van der Waals surface area (Å²) < 4.78 is 5.64. The Hall–Kier alpha value is -4.52. The van der Waals surface area contributed by atoms with Gasteiger partial charge in [-0.25, -0.2) is 9.69 Å². The summed E-state index contributed by atoms with van der Waals surface area (Å²) >= 11 is 18.3. The molecule has 38 heavy (non-hydrogen) atoms. The number of benzene rings is 3. The number of barbiturate groups is 1. The van der Waals surface area contributed by atoms with Gasteiger partial charge in [0.25, 0.3) is 17.5 Å². The van der Waals surface area contributed by atoms with Crippen molar-refractivity contribution in [2.75, 3.05) is 4.90 Å². The van der Waals surface area contributed by atoms with Crippen molar-refractivity contribution in [3.63, 3.8) is 0 Å². The number of imide groups is 2. The van der Waals surface area contributed by atoms with Crippen molar-refractivity contribution in [2.45, 2.75) is 0 Å². The third kappa shape index (κ3) is 5.27. The molecule has 1 heterocycles. The SMILES string of the molecule is O=C1NC(=O)N(c2cccc(Cl)c2)C(=O)/C1=C/c1cc(Cl)cc(Cl)c1Oc1ccc([N+](=O)[O-])cc1[N+](=O)[O-].